The highest BCUT2D eigenvalue weighted by Gasteiger charge is 2.65. The highest BCUT2D eigenvalue weighted by Crippen LogP contribution is 2.60. The fourth-order valence-corrected chi connectivity index (χ4v) is 2.79. The lowest BCUT2D eigenvalue weighted by atomic mass is 9.66. The Labute approximate surface area is 82.2 Å². The molecule has 0 amide bonds. The van der Waals surface area contributed by atoms with Gasteiger partial charge in [0.15, 0.2) is 0 Å². The molecule has 1 aliphatic heterocycles. The summed E-state index contributed by atoms with van der Waals surface area (Å²) in [6, 6.07) is 0. The maximum atomic E-state index is 11.5. The van der Waals surface area contributed by atoms with Crippen LogP contribution in [-0.2, 0) is 14.3 Å². The van der Waals surface area contributed by atoms with Crippen LogP contribution in [0.5, 0.6) is 0 Å². The molecule has 1 aliphatic carbocycles. The van der Waals surface area contributed by atoms with Crippen molar-refractivity contribution in [1.82, 2.24) is 0 Å². The molecule has 2 aliphatic rings. The monoisotopic (exact) mass is 198 g/mol. The summed E-state index contributed by atoms with van der Waals surface area (Å²) in [7, 11) is 0. The third-order valence-electron chi connectivity index (χ3n) is 4.21. The van der Waals surface area contributed by atoms with Crippen LogP contribution in [0.15, 0.2) is 0 Å². The van der Waals surface area contributed by atoms with Crippen LogP contribution in [0.1, 0.15) is 26.7 Å². The van der Waals surface area contributed by atoms with Gasteiger partial charge in [-0.25, -0.2) is 0 Å². The lowest BCUT2D eigenvalue weighted by Gasteiger charge is -2.31. The minimum atomic E-state index is -0.811. The lowest BCUT2D eigenvalue weighted by Crippen LogP contribution is -2.40. The molecule has 0 aromatic carbocycles. The van der Waals surface area contributed by atoms with Gasteiger partial charge >= 0.3 is 11.9 Å². The van der Waals surface area contributed by atoms with Crippen molar-refractivity contribution in [3.8, 4) is 0 Å². The molecule has 0 unspecified atom stereocenters. The van der Waals surface area contributed by atoms with Crippen molar-refractivity contribution in [2.24, 2.45) is 16.7 Å². The van der Waals surface area contributed by atoms with E-state index in [1.807, 2.05) is 13.8 Å². The number of hydrogen-bond acceptors (Lipinski definition) is 3. The van der Waals surface area contributed by atoms with Crippen molar-refractivity contribution >= 4 is 11.9 Å². The van der Waals surface area contributed by atoms with Crippen LogP contribution < -0.4 is 0 Å². The molecule has 1 saturated heterocycles. The molecular weight excluding hydrogens is 184 g/mol. The number of carbonyl (C=O) groups excluding carboxylic acids is 1. The minimum absolute atomic E-state index is 0.233. The average Bonchev–Trinajstić information content (AvgIpc) is 2.47. The first-order valence-corrected chi connectivity index (χ1v) is 4.82. The maximum Gasteiger partial charge on any atom is 0.312 e. The number of rotatable bonds is 1. The van der Waals surface area contributed by atoms with Crippen LogP contribution in [-0.4, -0.2) is 23.7 Å². The molecular formula is C10H14O4. The van der Waals surface area contributed by atoms with Gasteiger partial charge in [-0.3, -0.25) is 9.59 Å². The summed E-state index contributed by atoms with van der Waals surface area (Å²) in [5, 5.41) is 9.06. The third kappa shape index (κ3) is 0.837. The Morgan fingerprint density at radius 1 is 1.57 bits per heavy atom. The molecule has 2 fully saturated rings. The van der Waals surface area contributed by atoms with E-state index in [1.165, 1.54) is 0 Å². The van der Waals surface area contributed by atoms with Crippen molar-refractivity contribution in [2.75, 3.05) is 6.61 Å². The Morgan fingerprint density at radius 2 is 2.21 bits per heavy atom. The van der Waals surface area contributed by atoms with Crippen LogP contribution in [0.2, 0.25) is 0 Å². The molecule has 1 saturated carbocycles. The number of carbonyl (C=O) groups is 2. The van der Waals surface area contributed by atoms with E-state index < -0.39 is 22.7 Å². The summed E-state index contributed by atoms with van der Waals surface area (Å²) in [5.41, 5.74) is -1.11. The van der Waals surface area contributed by atoms with Gasteiger partial charge in [0.25, 0.3) is 0 Å². The topological polar surface area (TPSA) is 63.6 Å². The smallest absolute Gasteiger partial charge is 0.312 e. The summed E-state index contributed by atoms with van der Waals surface area (Å²) in [4.78, 5) is 22.6. The van der Waals surface area contributed by atoms with Gasteiger partial charge in [0.05, 0.1) is 17.9 Å². The van der Waals surface area contributed by atoms with Gasteiger partial charge in [0, 0.05) is 5.41 Å². The first kappa shape index (κ1) is 9.49. The third-order valence-corrected chi connectivity index (χ3v) is 4.21. The van der Waals surface area contributed by atoms with Crippen LogP contribution in [0, 0.1) is 16.7 Å². The van der Waals surface area contributed by atoms with Crippen molar-refractivity contribution < 1.29 is 19.4 Å². The molecule has 14 heavy (non-hydrogen) atoms. The van der Waals surface area contributed by atoms with E-state index in [2.05, 4.69) is 0 Å². The maximum absolute atomic E-state index is 11.5. The molecule has 2 rings (SSSR count). The summed E-state index contributed by atoms with van der Waals surface area (Å²) < 4.78 is 5.00. The molecule has 4 nitrogen and oxygen atoms in total. The first-order valence-electron chi connectivity index (χ1n) is 4.82. The number of esters is 1. The summed E-state index contributed by atoms with van der Waals surface area (Å²) in [6.45, 7) is 3.92. The zero-order chi connectivity index (χ0) is 10.6. The van der Waals surface area contributed by atoms with Crippen molar-refractivity contribution in [2.45, 2.75) is 26.7 Å². The number of aliphatic carboxylic acids is 1. The van der Waals surface area contributed by atoms with Crippen LogP contribution in [0.3, 0.4) is 0 Å². The van der Waals surface area contributed by atoms with E-state index >= 15 is 0 Å². The Hall–Kier alpha value is -1.06. The number of fused-ring (bicyclic) bond motifs is 1. The van der Waals surface area contributed by atoms with E-state index in [9.17, 15) is 9.59 Å². The lowest BCUT2D eigenvalue weighted by molar-refractivity contribution is -0.146. The number of cyclic esters (lactones) is 1. The van der Waals surface area contributed by atoms with Gasteiger partial charge in [-0.2, -0.15) is 0 Å². The van der Waals surface area contributed by atoms with E-state index in [4.69, 9.17) is 9.84 Å². The fourth-order valence-electron chi connectivity index (χ4n) is 2.79. The number of hydrogen-bond donors (Lipinski definition) is 1. The second kappa shape index (κ2) is 2.49. The molecule has 0 radical (unpaired) electrons. The van der Waals surface area contributed by atoms with Gasteiger partial charge in [-0.05, 0) is 19.8 Å². The fraction of sp³-hybridized carbons (Fsp3) is 0.800. The summed E-state index contributed by atoms with van der Waals surface area (Å²) in [6.07, 6.45) is 1.21. The van der Waals surface area contributed by atoms with Crippen LogP contribution in [0.4, 0.5) is 0 Å². The molecule has 0 spiro atoms. The quantitative estimate of drug-likeness (QED) is 0.639. The number of carboxylic acid groups (broad SMARTS) is 1. The van der Waals surface area contributed by atoms with E-state index in [1.54, 1.807) is 0 Å². The zero-order valence-corrected chi connectivity index (χ0v) is 8.37. The Bertz CT molecular complexity index is 311. The number of ether oxygens (including phenoxy) is 1. The molecule has 0 aromatic heterocycles. The van der Waals surface area contributed by atoms with E-state index in [0.29, 0.717) is 12.8 Å². The van der Waals surface area contributed by atoms with E-state index in [0.717, 1.165) is 0 Å². The van der Waals surface area contributed by atoms with Crippen LogP contribution >= 0.6 is 0 Å². The van der Waals surface area contributed by atoms with Crippen LogP contribution in [0.25, 0.3) is 0 Å². The molecule has 3 atom stereocenters. The normalized spacial score (nSPS) is 46.1. The second-order valence-electron chi connectivity index (χ2n) is 4.76. The SMILES string of the molecule is C[C@@]12CC[C@H](C(=O)O)[C@@]1(C)COC2=O. The molecule has 1 heterocycles. The molecule has 0 aromatic rings. The van der Waals surface area contributed by atoms with Gasteiger partial charge in [0.1, 0.15) is 0 Å². The Balaban J connectivity index is 2.42. The van der Waals surface area contributed by atoms with Gasteiger partial charge in [-0.1, -0.05) is 6.92 Å². The Kier molecular flexibility index (Phi) is 1.69. The van der Waals surface area contributed by atoms with Gasteiger partial charge in [0.2, 0.25) is 0 Å². The average molecular weight is 198 g/mol. The molecule has 78 valence electrons. The van der Waals surface area contributed by atoms with Gasteiger partial charge < -0.3 is 9.84 Å². The summed E-state index contributed by atoms with van der Waals surface area (Å²) in [5.74, 6) is -1.49. The van der Waals surface area contributed by atoms with Crippen molar-refractivity contribution in [1.29, 1.82) is 0 Å². The Morgan fingerprint density at radius 3 is 2.79 bits per heavy atom. The minimum Gasteiger partial charge on any atom is -0.481 e. The highest BCUT2D eigenvalue weighted by atomic mass is 16.5. The molecule has 1 N–H and O–H groups in total. The highest BCUT2D eigenvalue weighted by molar-refractivity contribution is 5.83. The standard InChI is InChI=1S/C10H14O4/c1-9-4-3-6(7(11)12)10(9,2)5-14-8(9)13/h6H,3-5H2,1-2H3,(H,11,12)/t6-,9+,10-/m1/s1. The van der Waals surface area contributed by atoms with Crippen molar-refractivity contribution in [3.63, 3.8) is 0 Å². The molecule has 0 bridgehead atoms. The van der Waals surface area contributed by atoms with E-state index in [-0.39, 0.29) is 12.6 Å². The zero-order valence-electron chi connectivity index (χ0n) is 8.37. The number of carboxylic acids is 1. The van der Waals surface area contributed by atoms with Gasteiger partial charge in [-0.15, -0.1) is 0 Å². The van der Waals surface area contributed by atoms with Crippen molar-refractivity contribution in [3.05, 3.63) is 0 Å². The largest absolute Gasteiger partial charge is 0.481 e. The predicted octanol–water partition coefficient (Wildman–Crippen LogP) is 1.05. The second-order valence-corrected chi connectivity index (χ2v) is 4.76. The molecule has 4 heteroatoms. The predicted molar refractivity (Wildman–Crippen MR) is 47.5 cm³/mol. The first-order chi connectivity index (χ1) is 6.42. The summed E-state index contributed by atoms with van der Waals surface area (Å²) >= 11 is 0.